The predicted molar refractivity (Wildman–Crippen MR) is 93.9 cm³/mol. The van der Waals surface area contributed by atoms with Crippen molar-refractivity contribution in [1.29, 1.82) is 0 Å². The number of nitrogens with two attached hydrogens (primary N) is 1. The fraction of sp³-hybridized carbons (Fsp3) is 0.316. The van der Waals surface area contributed by atoms with E-state index >= 15 is 0 Å². The maximum Gasteiger partial charge on any atom is 0.127 e. The van der Waals surface area contributed by atoms with Crippen LogP contribution in [0.4, 0.5) is 11.4 Å². The number of benzene rings is 2. The molecule has 114 valence electrons. The first-order valence-corrected chi connectivity index (χ1v) is 7.87. The van der Waals surface area contributed by atoms with Crippen LogP contribution in [-0.4, -0.2) is 11.9 Å². The Morgan fingerprint density at radius 2 is 1.82 bits per heavy atom. The third-order valence-corrected chi connectivity index (χ3v) is 4.39. The first-order chi connectivity index (χ1) is 10.6. The zero-order valence-corrected chi connectivity index (χ0v) is 13.5. The van der Waals surface area contributed by atoms with Gasteiger partial charge in [0.05, 0.1) is 18.3 Å². The lowest BCUT2D eigenvalue weighted by Crippen LogP contribution is -2.45. The molecule has 1 aliphatic rings. The van der Waals surface area contributed by atoms with Gasteiger partial charge in [0, 0.05) is 11.3 Å². The molecule has 2 aromatic carbocycles. The highest BCUT2D eigenvalue weighted by Crippen LogP contribution is 2.33. The Labute approximate surface area is 132 Å². The van der Waals surface area contributed by atoms with E-state index in [1.54, 1.807) is 0 Å². The first kappa shape index (κ1) is 14.8. The summed E-state index contributed by atoms with van der Waals surface area (Å²) in [5, 5.41) is 0. The highest BCUT2D eigenvalue weighted by molar-refractivity contribution is 6.04. The summed E-state index contributed by atoms with van der Waals surface area (Å²) in [5.74, 6) is 0.968. The van der Waals surface area contributed by atoms with Crippen LogP contribution >= 0.6 is 0 Å². The van der Waals surface area contributed by atoms with Crippen LogP contribution in [0.3, 0.4) is 0 Å². The van der Waals surface area contributed by atoms with Crippen molar-refractivity contribution in [2.45, 2.75) is 39.8 Å². The number of hydrogen-bond acceptors (Lipinski definition) is 3. The molecule has 0 radical (unpaired) electrons. The van der Waals surface area contributed by atoms with E-state index in [0.717, 1.165) is 24.5 Å². The summed E-state index contributed by atoms with van der Waals surface area (Å²) in [6, 6.07) is 14.7. The molecule has 3 heteroatoms. The molecule has 1 aliphatic heterocycles. The zero-order chi connectivity index (χ0) is 15.7. The van der Waals surface area contributed by atoms with Gasteiger partial charge in [-0.1, -0.05) is 37.3 Å². The lowest BCUT2D eigenvalue weighted by Gasteiger charge is -2.34. The topological polar surface area (TPSA) is 41.6 Å². The average molecular weight is 293 g/mol. The van der Waals surface area contributed by atoms with Gasteiger partial charge in [0.25, 0.3) is 0 Å². The maximum atomic E-state index is 6.35. The van der Waals surface area contributed by atoms with Crippen LogP contribution in [0, 0.1) is 13.8 Å². The highest BCUT2D eigenvalue weighted by atomic mass is 15.2. The monoisotopic (exact) mass is 293 g/mol. The Kier molecular flexibility index (Phi) is 3.99. The summed E-state index contributed by atoms with van der Waals surface area (Å²) in [4.78, 5) is 7.17. The molecule has 0 saturated carbocycles. The van der Waals surface area contributed by atoms with E-state index in [-0.39, 0.29) is 6.04 Å². The van der Waals surface area contributed by atoms with E-state index in [1.807, 2.05) is 0 Å². The molecule has 22 heavy (non-hydrogen) atoms. The van der Waals surface area contributed by atoms with E-state index in [1.165, 1.54) is 22.4 Å². The molecule has 3 rings (SSSR count). The fourth-order valence-electron chi connectivity index (χ4n) is 2.96. The van der Waals surface area contributed by atoms with Crippen molar-refractivity contribution in [3.05, 3.63) is 59.2 Å². The second-order valence-electron chi connectivity index (χ2n) is 5.93. The Balaban J connectivity index is 2.14. The number of aliphatic imine (C=N–C) groups is 1. The van der Waals surface area contributed by atoms with E-state index in [2.05, 4.69) is 68.1 Å². The SMILES string of the molecule is CCC(N)C1=Nc2cccc(C)c2CN1c1ccccc1C. The van der Waals surface area contributed by atoms with Crippen molar-refractivity contribution in [2.75, 3.05) is 4.90 Å². The number of para-hydroxylation sites is 1. The third-order valence-electron chi connectivity index (χ3n) is 4.39. The number of hydrogen-bond donors (Lipinski definition) is 1. The molecular formula is C19H23N3. The average Bonchev–Trinajstić information content (AvgIpc) is 2.54. The fourth-order valence-corrected chi connectivity index (χ4v) is 2.96. The Morgan fingerprint density at radius 1 is 1.09 bits per heavy atom. The molecule has 2 aromatic rings. The number of fused-ring (bicyclic) bond motifs is 1. The van der Waals surface area contributed by atoms with Gasteiger partial charge in [-0.3, -0.25) is 0 Å². The molecule has 3 nitrogen and oxygen atoms in total. The number of rotatable bonds is 3. The van der Waals surface area contributed by atoms with Crippen molar-refractivity contribution in [3.8, 4) is 0 Å². The molecule has 1 heterocycles. The molecule has 0 saturated heterocycles. The number of nitrogens with zero attached hydrogens (tertiary/aromatic N) is 2. The largest absolute Gasteiger partial charge is 0.324 e. The first-order valence-electron chi connectivity index (χ1n) is 7.87. The van der Waals surface area contributed by atoms with E-state index in [9.17, 15) is 0 Å². The van der Waals surface area contributed by atoms with Gasteiger partial charge in [-0.15, -0.1) is 0 Å². The summed E-state index contributed by atoms with van der Waals surface area (Å²) in [6.45, 7) is 7.22. The van der Waals surface area contributed by atoms with Crippen LogP contribution in [0.15, 0.2) is 47.5 Å². The molecule has 2 N–H and O–H groups in total. The van der Waals surface area contributed by atoms with Crippen molar-refractivity contribution in [3.63, 3.8) is 0 Å². The summed E-state index contributed by atoms with van der Waals surface area (Å²) in [7, 11) is 0. The Hall–Kier alpha value is -2.13. The van der Waals surface area contributed by atoms with Gasteiger partial charge in [0.2, 0.25) is 0 Å². The molecule has 0 spiro atoms. The van der Waals surface area contributed by atoms with Gasteiger partial charge in [0.15, 0.2) is 0 Å². The summed E-state index contributed by atoms with van der Waals surface area (Å²) < 4.78 is 0. The van der Waals surface area contributed by atoms with E-state index < -0.39 is 0 Å². The van der Waals surface area contributed by atoms with Gasteiger partial charge < -0.3 is 10.6 Å². The Bertz CT molecular complexity index is 718. The van der Waals surface area contributed by atoms with Crippen molar-refractivity contribution in [2.24, 2.45) is 10.7 Å². The van der Waals surface area contributed by atoms with Crippen LogP contribution in [0.2, 0.25) is 0 Å². The summed E-state index contributed by atoms with van der Waals surface area (Å²) in [6.07, 6.45) is 0.877. The zero-order valence-electron chi connectivity index (χ0n) is 13.5. The molecular weight excluding hydrogens is 270 g/mol. The second kappa shape index (κ2) is 5.93. The number of aryl methyl sites for hydroxylation is 2. The van der Waals surface area contributed by atoms with Gasteiger partial charge >= 0.3 is 0 Å². The predicted octanol–water partition coefficient (Wildman–Crippen LogP) is 4.09. The maximum absolute atomic E-state index is 6.35. The van der Waals surface area contributed by atoms with Crippen LogP contribution in [0.5, 0.6) is 0 Å². The normalized spacial score (nSPS) is 15.3. The minimum Gasteiger partial charge on any atom is -0.324 e. The number of amidine groups is 1. The van der Waals surface area contributed by atoms with Crippen LogP contribution in [-0.2, 0) is 6.54 Å². The minimum atomic E-state index is -0.0479. The minimum absolute atomic E-state index is 0.0479. The summed E-state index contributed by atoms with van der Waals surface area (Å²) >= 11 is 0. The van der Waals surface area contributed by atoms with Gasteiger partial charge in [-0.2, -0.15) is 0 Å². The smallest absolute Gasteiger partial charge is 0.127 e. The standard InChI is InChI=1S/C19H23N3/c1-4-16(20)19-21-17-10-7-9-13(2)15(17)12-22(19)18-11-6-5-8-14(18)3/h5-11,16H,4,12,20H2,1-3H3. The number of anilines is 1. The van der Waals surface area contributed by atoms with Crippen LogP contribution < -0.4 is 10.6 Å². The molecule has 1 unspecified atom stereocenters. The van der Waals surface area contributed by atoms with Crippen molar-refractivity contribution < 1.29 is 0 Å². The van der Waals surface area contributed by atoms with Gasteiger partial charge in [-0.05, 0) is 43.5 Å². The highest BCUT2D eigenvalue weighted by Gasteiger charge is 2.26. The summed E-state index contributed by atoms with van der Waals surface area (Å²) in [5.41, 5.74) is 12.4. The van der Waals surface area contributed by atoms with Crippen molar-refractivity contribution in [1.82, 2.24) is 0 Å². The lowest BCUT2D eigenvalue weighted by molar-refractivity contribution is 0.781. The second-order valence-corrected chi connectivity index (χ2v) is 5.93. The molecule has 0 aromatic heterocycles. The van der Waals surface area contributed by atoms with Crippen LogP contribution in [0.25, 0.3) is 0 Å². The molecule has 0 fully saturated rings. The lowest BCUT2D eigenvalue weighted by atomic mass is 10.0. The van der Waals surface area contributed by atoms with E-state index in [4.69, 9.17) is 10.7 Å². The van der Waals surface area contributed by atoms with Crippen LogP contribution in [0.1, 0.15) is 30.0 Å². The quantitative estimate of drug-likeness (QED) is 0.926. The Morgan fingerprint density at radius 3 is 2.55 bits per heavy atom. The van der Waals surface area contributed by atoms with Gasteiger partial charge in [0.1, 0.15) is 5.84 Å². The molecule has 0 amide bonds. The van der Waals surface area contributed by atoms with Crippen molar-refractivity contribution >= 4 is 17.2 Å². The van der Waals surface area contributed by atoms with E-state index in [0.29, 0.717) is 0 Å². The molecule has 0 bridgehead atoms. The molecule has 0 aliphatic carbocycles. The van der Waals surface area contributed by atoms with Gasteiger partial charge in [-0.25, -0.2) is 4.99 Å². The molecule has 1 atom stereocenters. The third kappa shape index (κ3) is 2.53.